The van der Waals surface area contributed by atoms with E-state index < -0.39 is 0 Å². The highest BCUT2D eigenvalue weighted by atomic mass is 32.1. The molecule has 26 heavy (non-hydrogen) atoms. The van der Waals surface area contributed by atoms with Gasteiger partial charge in [0, 0.05) is 65.1 Å². The Morgan fingerprint density at radius 1 is 1.00 bits per heavy atom. The topological polar surface area (TPSA) is 37.9 Å². The number of hydrogen-bond donors (Lipinski definition) is 1. The largest absolute Gasteiger partial charge is 0.366 e. The fourth-order valence-electron chi connectivity index (χ4n) is 3.50. The molecule has 7 heteroatoms. The summed E-state index contributed by atoms with van der Waals surface area (Å²) in [5.41, 5.74) is 1.07. The SMILES string of the molecule is CN1CCN(CNC(=S)C(CN2CCN(C)CC2)c2ccccn2)CC1. The van der Waals surface area contributed by atoms with E-state index in [0.717, 1.165) is 76.3 Å². The van der Waals surface area contributed by atoms with Gasteiger partial charge in [-0.3, -0.25) is 14.8 Å². The van der Waals surface area contributed by atoms with Crippen molar-refractivity contribution in [2.45, 2.75) is 5.92 Å². The first-order valence-corrected chi connectivity index (χ1v) is 10.0. The van der Waals surface area contributed by atoms with Crippen LogP contribution in [0.15, 0.2) is 24.4 Å². The highest BCUT2D eigenvalue weighted by molar-refractivity contribution is 7.80. The average molecular weight is 377 g/mol. The molecule has 144 valence electrons. The molecule has 6 nitrogen and oxygen atoms in total. The molecule has 3 heterocycles. The monoisotopic (exact) mass is 376 g/mol. The quantitative estimate of drug-likeness (QED) is 0.726. The Morgan fingerprint density at radius 3 is 2.19 bits per heavy atom. The Morgan fingerprint density at radius 2 is 1.62 bits per heavy atom. The molecule has 0 bridgehead atoms. The zero-order valence-electron chi connectivity index (χ0n) is 16.1. The summed E-state index contributed by atoms with van der Waals surface area (Å²) in [7, 11) is 4.37. The summed E-state index contributed by atoms with van der Waals surface area (Å²) in [4.78, 5) is 15.2. The third kappa shape index (κ3) is 5.69. The van der Waals surface area contributed by atoms with E-state index in [-0.39, 0.29) is 5.92 Å². The molecule has 0 aliphatic carbocycles. The van der Waals surface area contributed by atoms with Gasteiger partial charge in [0.1, 0.15) is 0 Å². The molecule has 0 aromatic carbocycles. The van der Waals surface area contributed by atoms with Crippen LogP contribution in [-0.2, 0) is 0 Å². The fraction of sp³-hybridized carbons (Fsp3) is 0.684. The molecular weight excluding hydrogens is 344 g/mol. The van der Waals surface area contributed by atoms with E-state index in [1.807, 2.05) is 12.3 Å². The van der Waals surface area contributed by atoms with Crippen LogP contribution in [0.3, 0.4) is 0 Å². The lowest BCUT2D eigenvalue weighted by molar-refractivity contribution is 0.148. The number of hydrogen-bond acceptors (Lipinski definition) is 6. The van der Waals surface area contributed by atoms with Gasteiger partial charge in [-0.25, -0.2) is 0 Å². The number of nitrogens with zero attached hydrogens (tertiary/aromatic N) is 5. The van der Waals surface area contributed by atoms with Crippen molar-refractivity contribution in [3.05, 3.63) is 30.1 Å². The van der Waals surface area contributed by atoms with Gasteiger partial charge in [0.05, 0.1) is 23.3 Å². The van der Waals surface area contributed by atoms with Gasteiger partial charge >= 0.3 is 0 Å². The number of likely N-dealkylation sites (N-methyl/N-ethyl adjacent to an activating group) is 2. The molecule has 0 amide bonds. The van der Waals surface area contributed by atoms with Crippen LogP contribution < -0.4 is 5.32 Å². The van der Waals surface area contributed by atoms with Gasteiger partial charge in [-0.05, 0) is 26.2 Å². The molecule has 0 saturated carbocycles. The molecule has 0 radical (unpaired) electrons. The number of rotatable bonds is 6. The molecule has 3 rings (SSSR count). The summed E-state index contributed by atoms with van der Waals surface area (Å²) >= 11 is 5.82. The molecule has 1 aromatic heterocycles. The Bertz CT molecular complexity index is 552. The Balaban J connectivity index is 1.58. The molecule has 1 N–H and O–H groups in total. The van der Waals surface area contributed by atoms with Crippen molar-refractivity contribution in [3.8, 4) is 0 Å². The highest BCUT2D eigenvalue weighted by Gasteiger charge is 2.24. The molecule has 2 aliphatic heterocycles. The summed E-state index contributed by atoms with van der Waals surface area (Å²) in [5.74, 6) is 0.155. The van der Waals surface area contributed by atoms with Crippen molar-refractivity contribution < 1.29 is 0 Å². The standard InChI is InChI=1S/C19H32N6S/c1-22-7-11-24(12-8-22)15-17(18-5-3-4-6-20-18)19(26)21-16-25-13-9-23(2)10-14-25/h3-6,17H,7-16H2,1-2H3,(H,21,26). The van der Waals surface area contributed by atoms with Gasteiger partial charge in [0.15, 0.2) is 0 Å². The normalized spacial score (nSPS) is 22.2. The van der Waals surface area contributed by atoms with Crippen LogP contribution in [0, 0.1) is 0 Å². The van der Waals surface area contributed by atoms with Crippen molar-refractivity contribution in [1.29, 1.82) is 0 Å². The lowest BCUT2D eigenvalue weighted by atomic mass is 10.0. The summed E-state index contributed by atoms with van der Waals surface area (Å²) in [6.45, 7) is 10.7. The zero-order chi connectivity index (χ0) is 18.4. The van der Waals surface area contributed by atoms with Crippen LogP contribution in [0.4, 0.5) is 0 Å². The zero-order valence-corrected chi connectivity index (χ0v) is 16.9. The molecule has 1 aromatic rings. The summed E-state index contributed by atoms with van der Waals surface area (Å²) in [6.07, 6.45) is 1.87. The smallest absolute Gasteiger partial charge is 0.0868 e. The van der Waals surface area contributed by atoms with Gasteiger partial charge in [-0.2, -0.15) is 0 Å². The second-order valence-corrected chi connectivity index (χ2v) is 7.97. The number of thiocarbonyl (C=S) groups is 1. The molecule has 2 aliphatic rings. The number of nitrogens with one attached hydrogen (secondary N) is 1. The van der Waals surface area contributed by atoms with Crippen LogP contribution in [0.5, 0.6) is 0 Å². The molecule has 1 atom stereocenters. The lowest BCUT2D eigenvalue weighted by Gasteiger charge is -2.36. The van der Waals surface area contributed by atoms with Crippen molar-refractivity contribution >= 4 is 17.2 Å². The van der Waals surface area contributed by atoms with Crippen LogP contribution in [0.1, 0.15) is 11.6 Å². The molecule has 1 unspecified atom stereocenters. The minimum Gasteiger partial charge on any atom is -0.366 e. The third-order valence-electron chi connectivity index (χ3n) is 5.47. The van der Waals surface area contributed by atoms with Gasteiger partial charge < -0.3 is 15.1 Å². The van der Waals surface area contributed by atoms with Gasteiger partial charge in [-0.1, -0.05) is 18.3 Å². The maximum Gasteiger partial charge on any atom is 0.0868 e. The van der Waals surface area contributed by atoms with Crippen molar-refractivity contribution in [2.24, 2.45) is 0 Å². The minimum atomic E-state index is 0.155. The summed E-state index contributed by atoms with van der Waals surface area (Å²) in [5, 5.41) is 3.53. The van der Waals surface area contributed by atoms with E-state index in [1.54, 1.807) is 0 Å². The van der Waals surface area contributed by atoms with Crippen molar-refractivity contribution in [1.82, 2.24) is 29.9 Å². The Kier molecular flexibility index (Phi) is 7.33. The second-order valence-electron chi connectivity index (χ2n) is 7.53. The van der Waals surface area contributed by atoms with Crippen LogP contribution >= 0.6 is 12.2 Å². The number of pyridine rings is 1. The second kappa shape index (κ2) is 9.71. The lowest BCUT2D eigenvalue weighted by Crippen LogP contribution is -2.50. The average Bonchev–Trinajstić information content (AvgIpc) is 2.67. The van der Waals surface area contributed by atoms with Crippen LogP contribution in [0.2, 0.25) is 0 Å². The molecular formula is C19H32N6S. The first-order valence-electron chi connectivity index (χ1n) is 9.62. The van der Waals surface area contributed by atoms with Crippen LogP contribution in [0.25, 0.3) is 0 Å². The maximum absolute atomic E-state index is 5.82. The minimum absolute atomic E-state index is 0.155. The third-order valence-corrected chi connectivity index (χ3v) is 5.90. The van der Waals surface area contributed by atoms with E-state index in [2.05, 4.69) is 56.1 Å². The van der Waals surface area contributed by atoms with E-state index >= 15 is 0 Å². The molecule has 0 spiro atoms. The van der Waals surface area contributed by atoms with E-state index in [0.29, 0.717) is 0 Å². The Hall–Kier alpha value is -1.12. The van der Waals surface area contributed by atoms with E-state index in [9.17, 15) is 0 Å². The maximum atomic E-state index is 5.82. The van der Waals surface area contributed by atoms with Crippen LogP contribution in [-0.4, -0.2) is 109 Å². The van der Waals surface area contributed by atoms with Gasteiger partial charge in [-0.15, -0.1) is 0 Å². The van der Waals surface area contributed by atoms with Gasteiger partial charge in [0.2, 0.25) is 0 Å². The molecule has 2 fully saturated rings. The Labute approximate surface area is 163 Å². The first-order chi connectivity index (χ1) is 12.6. The molecule has 2 saturated heterocycles. The van der Waals surface area contributed by atoms with E-state index in [1.165, 1.54) is 0 Å². The predicted octanol–water partition coefficient (Wildman–Crippen LogP) is 0.535. The first kappa shape index (κ1) is 19.6. The van der Waals surface area contributed by atoms with Crippen molar-refractivity contribution in [3.63, 3.8) is 0 Å². The number of piperazine rings is 2. The van der Waals surface area contributed by atoms with E-state index in [4.69, 9.17) is 12.2 Å². The summed E-state index contributed by atoms with van der Waals surface area (Å²) < 4.78 is 0. The van der Waals surface area contributed by atoms with Crippen molar-refractivity contribution in [2.75, 3.05) is 79.7 Å². The highest BCUT2D eigenvalue weighted by Crippen LogP contribution is 2.17. The predicted molar refractivity (Wildman–Crippen MR) is 111 cm³/mol. The van der Waals surface area contributed by atoms with Gasteiger partial charge in [0.25, 0.3) is 0 Å². The summed E-state index contributed by atoms with van der Waals surface area (Å²) in [6, 6.07) is 6.13. The fourth-order valence-corrected chi connectivity index (χ4v) is 3.76. The number of aromatic nitrogens is 1.